The maximum absolute atomic E-state index is 12.4. The van der Waals surface area contributed by atoms with Gasteiger partial charge >= 0.3 is 0 Å². The minimum Gasteiger partial charge on any atom is -0.381 e. The third kappa shape index (κ3) is 2.25. The van der Waals surface area contributed by atoms with Gasteiger partial charge in [0.1, 0.15) is 10.5 Å². The molecule has 0 unspecified atom stereocenters. The third-order valence-corrected chi connectivity index (χ3v) is 7.28. The van der Waals surface area contributed by atoms with Crippen molar-refractivity contribution in [3.8, 4) is 0 Å². The van der Waals surface area contributed by atoms with E-state index in [0.29, 0.717) is 25.4 Å². The number of carbonyl (C=O) groups excluding carboxylic acids is 1. The van der Waals surface area contributed by atoms with E-state index in [9.17, 15) is 13.2 Å². The Morgan fingerprint density at radius 2 is 2.27 bits per heavy atom. The van der Waals surface area contributed by atoms with Crippen molar-refractivity contribution in [2.75, 3.05) is 32.1 Å². The lowest BCUT2D eigenvalue weighted by atomic mass is 9.83. The number of hydrogen-bond acceptors (Lipinski definition) is 6. The Bertz CT molecular complexity index is 675. The SMILES string of the molecule is CCOC[C@@H]1CCS(=O)(=O)C12CN(C(=O)c1cc(C)on1)C2. The van der Waals surface area contributed by atoms with Crippen LogP contribution in [0.2, 0.25) is 0 Å². The molecule has 1 amide bonds. The maximum Gasteiger partial charge on any atom is 0.276 e. The van der Waals surface area contributed by atoms with Gasteiger partial charge in [-0.1, -0.05) is 5.16 Å². The smallest absolute Gasteiger partial charge is 0.276 e. The van der Waals surface area contributed by atoms with E-state index in [2.05, 4.69) is 5.16 Å². The minimum atomic E-state index is -3.19. The summed E-state index contributed by atoms with van der Waals surface area (Å²) >= 11 is 0. The Hall–Kier alpha value is -1.41. The van der Waals surface area contributed by atoms with Crippen LogP contribution in [-0.4, -0.2) is 61.2 Å². The van der Waals surface area contributed by atoms with E-state index in [1.165, 1.54) is 4.90 Å². The van der Waals surface area contributed by atoms with E-state index in [0.717, 1.165) is 0 Å². The Labute approximate surface area is 129 Å². The van der Waals surface area contributed by atoms with Crippen LogP contribution in [0.3, 0.4) is 0 Å². The summed E-state index contributed by atoms with van der Waals surface area (Å²) in [6.07, 6.45) is 0.605. The average Bonchev–Trinajstić information content (AvgIpc) is 2.95. The number of aromatic nitrogens is 1. The molecule has 1 atom stereocenters. The Kier molecular flexibility index (Phi) is 3.76. The molecular weight excluding hydrogens is 308 g/mol. The summed E-state index contributed by atoms with van der Waals surface area (Å²) in [6.45, 7) is 5.03. The van der Waals surface area contributed by atoms with Crippen molar-refractivity contribution in [3.05, 3.63) is 17.5 Å². The standard InChI is InChI=1S/C14H20N2O5S/c1-3-20-7-11-4-5-22(18,19)14(11)8-16(9-14)13(17)12-6-10(2)21-15-12/h6,11H,3-5,7-9H2,1-2H3/t11-/m0/s1. The van der Waals surface area contributed by atoms with Crippen LogP contribution in [0.15, 0.2) is 10.6 Å². The zero-order valence-corrected chi connectivity index (χ0v) is 13.6. The van der Waals surface area contributed by atoms with E-state index < -0.39 is 14.6 Å². The molecule has 1 aromatic heterocycles. The zero-order chi connectivity index (χ0) is 16.0. The molecule has 0 saturated carbocycles. The molecule has 0 radical (unpaired) electrons. The van der Waals surface area contributed by atoms with Crippen LogP contribution in [0.5, 0.6) is 0 Å². The lowest BCUT2D eigenvalue weighted by Gasteiger charge is -2.49. The highest BCUT2D eigenvalue weighted by Crippen LogP contribution is 2.45. The topological polar surface area (TPSA) is 89.7 Å². The van der Waals surface area contributed by atoms with Crippen LogP contribution in [0, 0.1) is 12.8 Å². The van der Waals surface area contributed by atoms with Gasteiger partial charge in [0, 0.05) is 31.7 Å². The van der Waals surface area contributed by atoms with E-state index in [-0.39, 0.29) is 36.4 Å². The van der Waals surface area contributed by atoms with Crippen molar-refractivity contribution in [2.45, 2.75) is 25.0 Å². The summed E-state index contributed by atoms with van der Waals surface area (Å²) in [7, 11) is -3.19. The van der Waals surface area contributed by atoms with Crippen molar-refractivity contribution in [2.24, 2.45) is 5.92 Å². The highest BCUT2D eigenvalue weighted by molar-refractivity contribution is 7.93. The largest absolute Gasteiger partial charge is 0.381 e. The van der Waals surface area contributed by atoms with Gasteiger partial charge < -0.3 is 14.2 Å². The quantitative estimate of drug-likeness (QED) is 0.806. The molecule has 2 aliphatic heterocycles. The van der Waals surface area contributed by atoms with Gasteiger partial charge in [-0.2, -0.15) is 0 Å². The van der Waals surface area contributed by atoms with Crippen LogP contribution in [0.25, 0.3) is 0 Å². The fourth-order valence-electron chi connectivity index (χ4n) is 3.34. The van der Waals surface area contributed by atoms with Gasteiger partial charge in [-0.05, 0) is 20.3 Å². The number of likely N-dealkylation sites (tertiary alicyclic amines) is 1. The number of rotatable bonds is 4. The first-order valence-corrected chi connectivity index (χ1v) is 9.07. The highest BCUT2D eigenvalue weighted by Gasteiger charge is 2.62. The normalized spacial score (nSPS) is 25.4. The van der Waals surface area contributed by atoms with Crippen molar-refractivity contribution in [3.63, 3.8) is 0 Å². The Morgan fingerprint density at radius 1 is 1.55 bits per heavy atom. The molecule has 0 N–H and O–H groups in total. The lowest BCUT2D eigenvalue weighted by molar-refractivity contribution is 0.0264. The monoisotopic (exact) mass is 328 g/mol. The fraction of sp³-hybridized carbons (Fsp3) is 0.714. The molecule has 3 heterocycles. The number of aryl methyl sites for hydroxylation is 1. The molecule has 3 rings (SSSR count). The summed E-state index contributed by atoms with van der Waals surface area (Å²) < 4.78 is 34.3. The predicted octanol–water partition coefficient (Wildman–Crippen LogP) is 0.649. The van der Waals surface area contributed by atoms with Crippen molar-refractivity contribution in [1.82, 2.24) is 10.1 Å². The number of amides is 1. The molecule has 0 aliphatic carbocycles. The third-order valence-electron chi connectivity index (χ3n) is 4.67. The maximum atomic E-state index is 12.4. The van der Waals surface area contributed by atoms with Crippen LogP contribution in [-0.2, 0) is 14.6 Å². The highest BCUT2D eigenvalue weighted by atomic mass is 32.2. The van der Waals surface area contributed by atoms with Crippen LogP contribution >= 0.6 is 0 Å². The van der Waals surface area contributed by atoms with Crippen molar-refractivity contribution in [1.29, 1.82) is 0 Å². The summed E-state index contributed by atoms with van der Waals surface area (Å²) in [5.41, 5.74) is 0.226. The molecule has 8 heteroatoms. The Balaban J connectivity index is 1.74. The van der Waals surface area contributed by atoms with Crippen molar-refractivity contribution < 1.29 is 22.5 Å². The molecule has 1 aromatic rings. The lowest BCUT2D eigenvalue weighted by Crippen LogP contribution is -2.68. The number of ether oxygens (including phenoxy) is 1. The van der Waals surface area contributed by atoms with Gasteiger partial charge in [0.05, 0.1) is 12.4 Å². The van der Waals surface area contributed by atoms with Gasteiger partial charge in [-0.25, -0.2) is 8.42 Å². The average molecular weight is 328 g/mol. The van der Waals surface area contributed by atoms with E-state index in [4.69, 9.17) is 9.26 Å². The predicted molar refractivity (Wildman–Crippen MR) is 78.3 cm³/mol. The molecule has 2 fully saturated rings. The van der Waals surface area contributed by atoms with Crippen LogP contribution in [0.1, 0.15) is 29.6 Å². The van der Waals surface area contributed by atoms with Crippen molar-refractivity contribution >= 4 is 15.7 Å². The number of nitrogens with zero attached hydrogens (tertiary/aromatic N) is 2. The van der Waals surface area contributed by atoms with E-state index in [1.807, 2.05) is 6.92 Å². The second-order valence-corrected chi connectivity index (χ2v) is 8.46. The number of carbonyl (C=O) groups is 1. The first kappa shape index (κ1) is 15.5. The molecular formula is C14H20N2O5S. The first-order valence-electron chi connectivity index (χ1n) is 7.42. The molecule has 7 nitrogen and oxygen atoms in total. The van der Waals surface area contributed by atoms with Crippen LogP contribution < -0.4 is 0 Å². The van der Waals surface area contributed by atoms with Gasteiger partial charge in [-0.3, -0.25) is 4.79 Å². The van der Waals surface area contributed by atoms with E-state index >= 15 is 0 Å². The first-order chi connectivity index (χ1) is 10.4. The van der Waals surface area contributed by atoms with E-state index in [1.54, 1.807) is 13.0 Å². The summed E-state index contributed by atoms with van der Waals surface area (Å²) in [4.78, 5) is 13.8. The van der Waals surface area contributed by atoms with Gasteiger partial charge in [0.15, 0.2) is 15.5 Å². The molecule has 0 aromatic carbocycles. The second kappa shape index (κ2) is 5.34. The molecule has 22 heavy (non-hydrogen) atoms. The molecule has 2 aliphatic rings. The summed E-state index contributed by atoms with van der Waals surface area (Å²) in [6, 6.07) is 1.56. The number of sulfone groups is 1. The number of hydrogen-bond donors (Lipinski definition) is 0. The molecule has 122 valence electrons. The molecule has 1 spiro atoms. The zero-order valence-electron chi connectivity index (χ0n) is 12.7. The van der Waals surface area contributed by atoms with Crippen LogP contribution in [0.4, 0.5) is 0 Å². The summed E-state index contributed by atoms with van der Waals surface area (Å²) in [5.74, 6) is 0.414. The Morgan fingerprint density at radius 3 is 2.86 bits per heavy atom. The fourth-order valence-corrected chi connectivity index (χ4v) is 5.74. The van der Waals surface area contributed by atoms with Gasteiger partial charge in [0.25, 0.3) is 5.91 Å². The minimum absolute atomic E-state index is 0.0412. The summed E-state index contributed by atoms with van der Waals surface area (Å²) in [5, 5.41) is 3.70. The molecule has 2 saturated heterocycles. The molecule has 0 bridgehead atoms. The van der Waals surface area contributed by atoms with Gasteiger partial charge in [0.2, 0.25) is 0 Å². The van der Waals surface area contributed by atoms with Gasteiger partial charge in [-0.15, -0.1) is 0 Å². The second-order valence-electron chi connectivity index (χ2n) is 6.01.